The summed E-state index contributed by atoms with van der Waals surface area (Å²) in [6, 6.07) is 57.8. The maximum Gasteiger partial charge on any atom is 0.159 e. The standard InChI is InChI=1S/C53H41NO/c1-32-15-9-12-23-45(32)54(46-24-14-22-41-40-21-13-20-37(50(40)55-51(41)46)33-16-7-6-8-17-33)35-26-27-38-39-28-29-42-47-36-19-11-10-18-34(36)25-30-43(47)52(2,3)49(42)48(39)53(4,5)44(38)31-35/h6-31H,1-5H3. The van der Waals surface area contributed by atoms with Crippen LogP contribution in [0, 0.1) is 6.92 Å². The highest BCUT2D eigenvalue weighted by molar-refractivity contribution is 6.14. The molecule has 0 spiro atoms. The molecule has 0 aliphatic heterocycles. The van der Waals surface area contributed by atoms with Crippen molar-refractivity contribution in [1.82, 2.24) is 0 Å². The Kier molecular flexibility index (Phi) is 6.60. The molecule has 9 aromatic rings. The zero-order valence-electron chi connectivity index (χ0n) is 31.9. The Balaban J connectivity index is 1.12. The van der Waals surface area contributed by atoms with Gasteiger partial charge >= 0.3 is 0 Å². The first kappa shape index (κ1) is 32.1. The summed E-state index contributed by atoms with van der Waals surface area (Å²) in [5.74, 6) is 0. The van der Waals surface area contributed by atoms with E-state index >= 15 is 0 Å². The highest BCUT2D eigenvalue weighted by atomic mass is 16.3. The number of benzene rings is 8. The number of aryl methyl sites for hydroxylation is 1. The maximum absolute atomic E-state index is 7.01. The quantitative estimate of drug-likeness (QED) is 0.181. The van der Waals surface area contributed by atoms with Gasteiger partial charge < -0.3 is 9.32 Å². The number of fused-ring (bicyclic) bond motifs is 12. The van der Waals surface area contributed by atoms with Crippen LogP contribution in [0.25, 0.3) is 66.1 Å². The van der Waals surface area contributed by atoms with Crippen molar-refractivity contribution < 1.29 is 4.42 Å². The number of rotatable bonds is 4. The third-order valence-electron chi connectivity index (χ3n) is 12.7. The van der Waals surface area contributed by atoms with E-state index in [9.17, 15) is 0 Å². The van der Waals surface area contributed by atoms with Gasteiger partial charge in [-0.1, -0.05) is 161 Å². The third-order valence-corrected chi connectivity index (χ3v) is 12.7. The van der Waals surface area contributed by atoms with Crippen molar-refractivity contribution in [1.29, 1.82) is 0 Å². The molecule has 0 fully saturated rings. The van der Waals surface area contributed by atoms with Gasteiger partial charge in [-0.2, -0.15) is 0 Å². The lowest BCUT2D eigenvalue weighted by Crippen LogP contribution is -2.24. The lowest BCUT2D eigenvalue weighted by molar-refractivity contribution is 0.601. The second kappa shape index (κ2) is 11.3. The summed E-state index contributed by atoms with van der Waals surface area (Å²) in [6.07, 6.45) is 0. The van der Waals surface area contributed by atoms with Crippen molar-refractivity contribution >= 4 is 49.8 Å². The first-order valence-electron chi connectivity index (χ1n) is 19.4. The van der Waals surface area contributed by atoms with Crippen LogP contribution in [0.4, 0.5) is 17.1 Å². The van der Waals surface area contributed by atoms with Crippen LogP contribution in [-0.4, -0.2) is 0 Å². The average molecular weight is 708 g/mol. The third kappa shape index (κ3) is 4.37. The Labute approximate surface area is 322 Å². The second-order valence-electron chi connectivity index (χ2n) is 16.5. The zero-order chi connectivity index (χ0) is 37.2. The lowest BCUT2D eigenvalue weighted by Gasteiger charge is -2.31. The molecule has 2 aliphatic carbocycles. The van der Waals surface area contributed by atoms with E-state index in [1.54, 1.807) is 0 Å². The Morgan fingerprint density at radius 1 is 0.455 bits per heavy atom. The smallest absolute Gasteiger partial charge is 0.159 e. The van der Waals surface area contributed by atoms with E-state index in [4.69, 9.17) is 4.42 Å². The molecule has 0 radical (unpaired) electrons. The van der Waals surface area contributed by atoms with Crippen LogP contribution in [0.3, 0.4) is 0 Å². The van der Waals surface area contributed by atoms with E-state index < -0.39 is 0 Å². The van der Waals surface area contributed by atoms with Crippen molar-refractivity contribution in [2.75, 3.05) is 4.90 Å². The Hall–Kier alpha value is -6.38. The van der Waals surface area contributed by atoms with Gasteiger partial charge in [0.05, 0.1) is 5.69 Å². The van der Waals surface area contributed by atoms with Gasteiger partial charge in [0.25, 0.3) is 0 Å². The van der Waals surface area contributed by atoms with Gasteiger partial charge in [-0.25, -0.2) is 0 Å². The molecule has 0 amide bonds. The van der Waals surface area contributed by atoms with Gasteiger partial charge in [-0.05, 0) is 97.6 Å². The topological polar surface area (TPSA) is 16.4 Å². The van der Waals surface area contributed by atoms with Crippen molar-refractivity contribution in [2.24, 2.45) is 0 Å². The Bertz CT molecular complexity index is 3050. The predicted molar refractivity (Wildman–Crippen MR) is 231 cm³/mol. The molecule has 0 unspecified atom stereocenters. The van der Waals surface area contributed by atoms with Crippen LogP contribution in [-0.2, 0) is 10.8 Å². The molecule has 0 N–H and O–H groups in total. The van der Waals surface area contributed by atoms with E-state index in [-0.39, 0.29) is 10.8 Å². The zero-order valence-corrected chi connectivity index (χ0v) is 31.9. The normalized spacial score (nSPS) is 14.6. The minimum atomic E-state index is -0.228. The van der Waals surface area contributed by atoms with Gasteiger partial charge in [0, 0.05) is 38.5 Å². The number of furan rings is 1. The molecule has 0 bridgehead atoms. The van der Waals surface area contributed by atoms with Gasteiger partial charge in [0.15, 0.2) is 5.58 Å². The number of nitrogens with zero attached hydrogens (tertiary/aromatic N) is 1. The molecular weight excluding hydrogens is 667 g/mol. The average Bonchev–Trinajstić information content (AvgIpc) is 3.79. The molecule has 0 atom stereocenters. The highest BCUT2D eigenvalue weighted by Crippen LogP contribution is 2.60. The minimum Gasteiger partial charge on any atom is -0.453 e. The van der Waals surface area contributed by atoms with Crippen molar-refractivity contribution in [2.45, 2.75) is 45.4 Å². The predicted octanol–water partition coefficient (Wildman–Crippen LogP) is 14.8. The number of anilines is 3. The molecule has 0 saturated carbocycles. The molecule has 11 rings (SSSR count). The second-order valence-corrected chi connectivity index (χ2v) is 16.5. The van der Waals surface area contributed by atoms with Crippen molar-refractivity contribution in [3.63, 3.8) is 0 Å². The van der Waals surface area contributed by atoms with Crippen LogP contribution in [0.1, 0.15) is 55.5 Å². The largest absolute Gasteiger partial charge is 0.453 e. The van der Waals surface area contributed by atoms with E-state index in [0.717, 1.165) is 50.1 Å². The van der Waals surface area contributed by atoms with Gasteiger partial charge in [-0.3, -0.25) is 0 Å². The summed E-state index contributed by atoms with van der Waals surface area (Å²) in [6.45, 7) is 11.9. The highest BCUT2D eigenvalue weighted by Gasteiger charge is 2.46. The number of hydrogen-bond acceptors (Lipinski definition) is 2. The number of hydrogen-bond donors (Lipinski definition) is 0. The van der Waals surface area contributed by atoms with Crippen LogP contribution < -0.4 is 4.90 Å². The summed E-state index contributed by atoms with van der Waals surface area (Å²) in [4.78, 5) is 2.41. The molecule has 264 valence electrons. The summed E-state index contributed by atoms with van der Waals surface area (Å²) >= 11 is 0. The monoisotopic (exact) mass is 707 g/mol. The summed E-state index contributed by atoms with van der Waals surface area (Å²) in [5.41, 5.74) is 19.3. The SMILES string of the molecule is Cc1ccccc1N(c1ccc2c(c1)C(C)(C)c1c-2ccc2c1C(C)(C)c1ccc3ccccc3c1-2)c1cccc2c1oc1c(-c3ccccc3)cccc12. The van der Waals surface area contributed by atoms with Crippen LogP contribution >= 0.6 is 0 Å². The van der Waals surface area contributed by atoms with Crippen LogP contribution in [0.15, 0.2) is 162 Å². The Morgan fingerprint density at radius 2 is 1.09 bits per heavy atom. The lowest BCUT2D eigenvalue weighted by atomic mass is 9.72. The molecule has 1 aromatic heterocycles. The fraction of sp³-hybridized carbons (Fsp3) is 0.132. The first-order valence-corrected chi connectivity index (χ1v) is 19.4. The van der Waals surface area contributed by atoms with Crippen LogP contribution in [0.2, 0.25) is 0 Å². The maximum atomic E-state index is 7.01. The van der Waals surface area contributed by atoms with E-state index in [1.165, 1.54) is 60.8 Å². The molecule has 1 heterocycles. The molecule has 55 heavy (non-hydrogen) atoms. The molecule has 2 heteroatoms. The van der Waals surface area contributed by atoms with E-state index in [1.807, 2.05) is 0 Å². The van der Waals surface area contributed by atoms with Gasteiger partial charge in [0.1, 0.15) is 5.58 Å². The fourth-order valence-corrected chi connectivity index (χ4v) is 10.2. The van der Waals surface area contributed by atoms with Crippen LogP contribution in [0.5, 0.6) is 0 Å². The molecule has 2 aliphatic rings. The first-order chi connectivity index (χ1) is 26.7. The number of para-hydroxylation sites is 3. The minimum absolute atomic E-state index is 0.134. The molecular formula is C53H41NO. The molecule has 0 saturated heterocycles. The van der Waals surface area contributed by atoms with Gasteiger partial charge in [-0.15, -0.1) is 0 Å². The summed E-state index contributed by atoms with van der Waals surface area (Å²) in [5, 5.41) is 4.87. The molecule has 2 nitrogen and oxygen atoms in total. The Morgan fingerprint density at radius 3 is 1.93 bits per heavy atom. The van der Waals surface area contributed by atoms with Gasteiger partial charge in [0.2, 0.25) is 0 Å². The summed E-state index contributed by atoms with van der Waals surface area (Å²) < 4.78 is 7.01. The molecule has 8 aromatic carbocycles. The van der Waals surface area contributed by atoms with E-state index in [0.29, 0.717) is 0 Å². The summed E-state index contributed by atoms with van der Waals surface area (Å²) in [7, 11) is 0. The van der Waals surface area contributed by atoms with E-state index in [2.05, 4.69) is 197 Å². The van der Waals surface area contributed by atoms with Crippen molar-refractivity contribution in [3.8, 4) is 33.4 Å². The van der Waals surface area contributed by atoms with Crippen molar-refractivity contribution in [3.05, 3.63) is 186 Å². The fourth-order valence-electron chi connectivity index (χ4n) is 10.2.